The van der Waals surface area contributed by atoms with Gasteiger partial charge in [-0.2, -0.15) is 0 Å². The van der Waals surface area contributed by atoms with E-state index in [2.05, 4.69) is 22.9 Å². The summed E-state index contributed by atoms with van der Waals surface area (Å²) in [5.41, 5.74) is 0.995. The number of carbonyl (C=O) groups excluding carboxylic acids is 1. The van der Waals surface area contributed by atoms with Crippen LogP contribution in [0.15, 0.2) is 24.3 Å². The third kappa shape index (κ3) is 4.69. The van der Waals surface area contributed by atoms with Gasteiger partial charge in [-0.15, -0.1) is 0 Å². The van der Waals surface area contributed by atoms with Crippen LogP contribution in [0.4, 0.5) is 0 Å². The Morgan fingerprint density at radius 3 is 2.78 bits per heavy atom. The Kier molecular flexibility index (Phi) is 6.80. The van der Waals surface area contributed by atoms with Crippen molar-refractivity contribution in [3.8, 4) is 5.75 Å². The van der Waals surface area contributed by atoms with Crippen LogP contribution in [0, 0.1) is 0 Å². The highest BCUT2D eigenvalue weighted by Gasteiger charge is 2.12. The summed E-state index contributed by atoms with van der Waals surface area (Å²) >= 11 is 3.38. The summed E-state index contributed by atoms with van der Waals surface area (Å²) in [6, 6.07) is 7.67. The Balaban J connectivity index is 2.66. The molecule has 0 saturated heterocycles. The maximum absolute atomic E-state index is 12.2. The number of carbonyl (C=O) groups is 1. The van der Waals surface area contributed by atoms with E-state index in [0.717, 1.165) is 36.2 Å². The second-order valence-corrected chi connectivity index (χ2v) is 4.89. The van der Waals surface area contributed by atoms with Crippen molar-refractivity contribution < 1.29 is 9.53 Å². The number of hydrogen-bond donors (Lipinski definition) is 0. The molecule has 100 valence electrons. The number of rotatable bonds is 7. The molecule has 0 aromatic heterocycles. The molecule has 0 fully saturated rings. The van der Waals surface area contributed by atoms with Gasteiger partial charge >= 0.3 is 0 Å². The lowest BCUT2D eigenvalue weighted by Gasteiger charge is -2.21. The van der Waals surface area contributed by atoms with Gasteiger partial charge in [0.1, 0.15) is 5.75 Å². The predicted octanol–water partition coefficient (Wildman–Crippen LogP) is 2.87. The standard InChI is InChI=1S/C14H20BrNO2/c1-3-8-16(9-7-15)14(17)11-12-5-4-6-13(10-12)18-2/h4-6,10H,3,7-9,11H2,1-2H3. The second-order valence-electron chi connectivity index (χ2n) is 4.10. The van der Waals surface area contributed by atoms with Crippen molar-refractivity contribution in [1.82, 2.24) is 4.90 Å². The van der Waals surface area contributed by atoms with Crippen LogP contribution in [0.25, 0.3) is 0 Å². The van der Waals surface area contributed by atoms with Crippen LogP contribution in [0.3, 0.4) is 0 Å². The summed E-state index contributed by atoms with van der Waals surface area (Å²) < 4.78 is 5.16. The van der Waals surface area contributed by atoms with E-state index >= 15 is 0 Å². The van der Waals surface area contributed by atoms with E-state index in [-0.39, 0.29) is 5.91 Å². The van der Waals surface area contributed by atoms with Crippen molar-refractivity contribution in [3.63, 3.8) is 0 Å². The Bertz CT molecular complexity index is 376. The van der Waals surface area contributed by atoms with Gasteiger partial charge in [-0.3, -0.25) is 4.79 Å². The fourth-order valence-corrected chi connectivity index (χ4v) is 2.23. The molecule has 4 heteroatoms. The zero-order valence-corrected chi connectivity index (χ0v) is 12.6. The number of methoxy groups -OCH3 is 1. The number of amides is 1. The Morgan fingerprint density at radius 2 is 2.17 bits per heavy atom. The minimum absolute atomic E-state index is 0.171. The van der Waals surface area contributed by atoms with Crippen molar-refractivity contribution in [1.29, 1.82) is 0 Å². The molecule has 0 aliphatic heterocycles. The molecule has 0 radical (unpaired) electrons. The lowest BCUT2D eigenvalue weighted by molar-refractivity contribution is -0.130. The van der Waals surface area contributed by atoms with Gasteiger partial charge in [0, 0.05) is 18.4 Å². The summed E-state index contributed by atoms with van der Waals surface area (Å²) in [4.78, 5) is 14.1. The molecule has 0 aliphatic rings. The largest absolute Gasteiger partial charge is 0.497 e. The van der Waals surface area contributed by atoms with Crippen LogP contribution in [0.1, 0.15) is 18.9 Å². The Labute approximate surface area is 117 Å². The highest BCUT2D eigenvalue weighted by Crippen LogP contribution is 2.13. The molecule has 0 saturated carbocycles. The molecule has 0 unspecified atom stereocenters. The molecule has 0 aliphatic carbocycles. The quantitative estimate of drug-likeness (QED) is 0.724. The van der Waals surface area contributed by atoms with E-state index in [4.69, 9.17) is 4.74 Å². The molecule has 1 amide bonds. The fraction of sp³-hybridized carbons (Fsp3) is 0.500. The van der Waals surface area contributed by atoms with Gasteiger partial charge in [-0.05, 0) is 24.1 Å². The lowest BCUT2D eigenvalue weighted by Crippen LogP contribution is -2.34. The van der Waals surface area contributed by atoms with Gasteiger partial charge in [0.25, 0.3) is 0 Å². The number of nitrogens with zero attached hydrogens (tertiary/aromatic N) is 1. The van der Waals surface area contributed by atoms with E-state index in [0.29, 0.717) is 6.42 Å². The van der Waals surface area contributed by atoms with Gasteiger partial charge in [-0.25, -0.2) is 0 Å². The van der Waals surface area contributed by atoms with E-state index in [1.165, 1.54) is 0 Å². The number of alkyl halides is 1. The first-order chi connectivity index (χ1) is 8.71. The first kappa shape index (κ1) is 15.0. The van der Waals surface area contributed by atoms with Crippen LogP contribution < -0.4 is 4.74 Å². The lowest BCUT2D eigenvalue weighted by atomic mass is 10.1. The molecule has 1 aromatic carbocycles. The van der Waals surface area contributed by atoms with Crippen molar-refractivity contribution >= 4 is 21.8 Å². The van der Waals surface area contributed by atoms with Crippen LogP contribution in [0.5, 0.6) is 5.75 Å². The second kappa shape index (κ2) is 8.14. The number of ether oxygens (including phenoxy) is 1. The zero-order chi connectivity index (χ0) is 13.4. The molecule has 0 atom stereocenters. The maximum atomic E-state index is 12.2. The summed E-state index contributed by atoms with van der Waals surface area (Å²) in [6.07, 6.45) is 1.42. The normalized spacial score (nSPS) is 10.2. The molecule has 18 heavy (non-hydrogen) atoms. The van der Waals surface area contributed by atoms with Gasteiger partial charge in [-0.1, -0.05) is 35.0 Å². The minimum Gasteiger partial charge on any atom is -0.497 e. The molecule has 1 aromatic rings. The maximum Gasteiger partial charge on any atom is 0.227 e. The molecular weight excluding hydrogens is 294 g/mol. The molecule has 3 nitrogen and oxygen atoms in total. The molecule has 0 heterocycles. The average Bonchev–Trinajstić information content (AvgIpc) is 2.38. The van der Waals surface area contributed by atoms with E-state index < -0.39 is 0 Å². The van der Waals surface area contributed by atoms with Crippen molar-refractivity contribution in [2.75, 3.05) is 25.5 Å². The third-order valence-corrected chi connectivity index (χ3v) is 3.04. The van der Waals surface area contributed by atoms with Gasteiger partial charge in [0.05, 0.1) is 13.5 Å². The molecule has 1 rings (SSSR count). The van der Waals surface area contributed by atoms with Gasteiger partial charge < -0.3 is 9.64 Å². The van der Waals surface area contributed by atoms with E-state index in [1.807, 2.05) is 29.2 Å². The molecule has 0 N–H and O–H groups in total. The highest BCUT2D eigenvalue weighted by atomic mass is 79.9. The van der Waals surface area contributed by atoms with Crippen LogP contribution in [0.2, 0.25) is 0 Å². The smallest absolute Gasteiger partial charge is 0.227 e. The van der Waals surface area contributed by atoms with Crippen molar-refractivity contribution in [3.05, 3.63) is 29.8 Å². The summed E-state index contributed by atoms with van der Waals surface area (Å²) in [5, 5.41) is 0.816. The summed E-state index contributed by atoms with van der Waals surface area (Å²) in [5.74, 6) is 0.965. The highest BCUT2D eigenvalue weighted by molar-refractivity contribution is 9.09. The number of halogens is 1. The topological polar surface area (TPSA) is 29.5 Å². The van der Waals surface area contributed by atoms with E-state index in [9.17, 15) is 4.79 Å². The van der Waals surface area contributed by atoms with Crippen molar-refractivity contribution in [2.45, 2.75) is 19.8 Å². The predicted molar refractivity (Wildman–Crippen MR) is 77.4 cm³/mol. The summed E-state index contributed by atoms with van der Waals surface area (Å²) in [7, 11) is 1.63. The van der Waals surface area contributed by atoms with Crippen LogP contribution in [-0.2, 0) is 11.2 Å². The average molecular weight is 314 g/mol. The van der Waals surface area contributed by atoms with Gasteiger partial charge in [0.15, 0.2) is 0 Å². The van der Waals surface area contributed by atoms with Gasteiger partial charge in [0.2, 0.25) is 5.91 Å². The minimum atomic E-state index is 0.171. The molecule has 0 bridgehead atoms. The van der Waals surface area contributed by atoms with Crippen LogP contribution >= 0.6 is 15.9 Å². The number of benzene rings is 1. The molecule has 0 spiro atoms. The Hall–Kier alpha value is -1.03. The van der Waals surface area contributed by atoms with Crippen LogP contribution in [-0.4, -0.2) is 36.3 Å². The van der Waals surface area contributed by atoms with Crippen molar-refractivity contribution in [2.24, 2.45) is 0 Å². The first-order valence-electron chi connectivity index (χ1n) is 6.18. The SMILES string of the molecule is CCCN(CCBr)C(=O)Cc1cccc(OC)c1. The monoisotopic (exact) mass is 313 g/mol. The first-order valence-corrected chi connectivity index (χ1v) is 7.30. The zero-order valence-electron chi connectivity index (χ0n) is 11.0. The third-order valence-electron chi connectivity index (χ3n) is 2.69. The molecular formula is C14H20BrNO2. The Morgan fingerprint density at radius 1 is 1.39 bits per heavy atom. The fourth-order valence-electron chi connectivity index (χ4n) is 1.80. The number of hydrogen-bond acceptors (Lipinski definition) is 2. The van der Waals surface area contributed by atoms with E-state index in [1.54, 1.807) is 7.11 Å². The summed E-state index contributed by atoms with van der Waals surface area (Å²) in [6.45, 7) is 3.66.